The monoisotopic (exact) mass is 226 g/mol. The van der Waals surface area contributed by atoms with Gasteiger partial charge in [0.15, 0.2) is 5.82 Å². The van der Waals surface area contributed by atoms with Crippen LogP contribution in [0.5, 0.6) is 0 Å². The van der Waals surface area contributed by atoms with Gasteiger partial charge in [-0.05, 0) is 0 Å². The third kappa shape index (κ3) is 3.41. The Bertz CT molecular complexity index is 309. The molecule has 1 rings (SSSR count). The van der Waals surface area contributed by atoms with Crippen molar-refractivity contribution in [3.05, 3.63) is 18.1 Å². The molecule has 6 heteroatoms. The second-order valence-corrected chi connectivity index (χ2v) is 3.23. The number of hydrogen-bond acceptors (Lipinski definition) is 6. The number of hydrogen-bond donors (Lipinski definition) is 2. The zero-order valence-electron chi connectivity index (χ0n) is 9.46. The van der Waals surface area contributed by atoms with Gasteiger partial charge in [-0.2, -0.15) is 0 Å². The van der Waals surface area contributed by atoms with Crippen LogP contribution in [0.1, 0.15) is 5.69 Å². The van der Waals surface area contributed by atoms with E-state index in [-0.39, 0.29) is 6.61 Å². The molecule has 1 aromatic heterocycles. The van der Waals surface area contributed by atoms with Crippen LogP contribution in [0.4, 0.5) is 5.82 Å². The number of aliphatic hydroxyl groups is 1. The first-order chi connectivity index (χ1) is 7.83. The Morgan fingerprint density at radius 1 is 1.38 bits per heavy atom. The molecule has 16 heavy (non-hydrogen) atoms. The fourth-order valence-electron chi connectivity index (χ4n) is 1.41. The van der Waals surface area contributed by atoms with Crippen LogP contribution in [0.3, 0.4) is 0 Å². The summed E-state index contributed by atoms with van der Waals surface area (Å²) in [4.78, 5) is 10.3. The van der Waals surface area contributed by atoms with Crippen LogP contribution >= 0.6 is 0 Å². The second-order valence-electron chi connectivity index (χ2n) is 3.23. The van der Waals surface area contributed by atoms with Crippen LogP contribution in [0.15, 0.2) is 12.4 Å². The molecule has 0 radical (unpaired) electrons. The zero-order valence-corrected chi connectivity index (χ0v) is 9.46. The Morgan fingerprint density at radius 3 is 2.75 bits per heavy atom. The fourth-order valence-corrected chi connectivity index (χ4v) is 1.41. The predicted octanol–water partition coefficient (Wildman–Crippen LogP) is -0.620. The van der Waals surface area contributed by atoms with E-state index in [4.69, 9.17) is 15.6 Å². The highest BCUT2D eigenvalue weighted by Gasteiger charge is 2.11. The van der Waals surface area contributed by atoms with Crippen molar-refractivity contribution >= 4 is 5.82 Å². The highest BCUT2D eigenvalue weighted by molar-refractivity contribution is 5.42. The van der Waals surface area contributed by atoms with Gasteiger partial charge in [0.05, 0.1) is 18.9 Å². The zero-order chi connectivity index (χ0) is 11.8. The summed E-state index contributed by atoms with van der Waals surface area (Å²) in [5.74, 6) is 0.719. The maximum Gasteiger partial charge on any atom is 0.151 e. The van der Waals surface area contributed by atoms with Crippen molar-refractivity contribution in [2.75, 3.05) is 38.3 Å². The summed E-state index contributed by atoms with van der Waals surface area (Å²) in [6.45, 7) is 2.11. The molecule has 0 unspecified atom stereocenters. The summed E-state index contributed by atoms with van der Waals surface area (Å²) < 4.78 is 5.01. The minimum absolute atomic E-state index is 0.0598. The van der Waals surface area contributed by atoms with Crippen LogP contribution in [-0.2, 0) is 11.3 Å². The molecular weight excluding hydrogens is 208 g/mol. The Morgan fingerprint density at radius 2 is 2.12 bits per heavy atom. The molecule has 0 aliphatic carbocycles. The first-order valence-electron chi connectivity index (χ1n) is 5.18. The number of nitrogens with zero attached hydrogens (tertiary/aromatic N) is 3. The third-order valence-electron chi connectivity index (χ3n) is 2.18. The van der Waals surface area contributed by atoms with Crippen LogP contribution in [0, 0.1) is 0 Å². The Labute approximate surface area is 95.1 Å². The van der Waals surface area contributed by atoms with Gasteiger partial charge in [-0.15, -0.1) is 0 Å². The molecule has 0 amide bonds. The maximum atomic E-state index is 9.00. The average Bonchev–Trinajstić information content (AvgIpc) is 2.34. The van der Waals surface area contributed by atoms with E-state index in [1.807, 2.05) is 4.90 Å². The molecule has 0 aliphatic heterocycles. The van der Waals surface area contributed by atoms with Gasteiger partial charge in [0.25, 0.3) is 0 Å². The topological polar surface area (TPSA) is 84.5 Å². The summed E-state index contributed by atoms with van der Waals surface area (Å²) in [5.41, 5.74) is 6.32. The summed E-state index contributed by atoms with van der Waals surface area (Å²) >= 11 is 0. The lowest BCUT2D eigenvalue weighted by atomic mass is 10.3. The first kappa shape index (κ1) is 12.8. The number of ether oxygens (including phenoxy) is 1. The summed E-state index contributed by atoms with van der Waals surface area (Å²) in [7, 11) is 1.64. The molecule has 1 aromatic rings. The standard InChI is InChI=1S/C10H18N4O2/c1-16-7-5-14(4-6-15)10-9(8-11)12-2-3-13-10/h2-3,15H,4-8,11H2,1H3. The third-order valence-corrected chi connectivity index (χ3v) is 2.18. The summed E-state index contributed by atoms with van der Waals surface area (Å²) in [6.07, 6.45) is 3.23. The predicted molar refractivity (Wildman–Crippen MR) is 61.1 cm³/mol. The average molecular weight is 226 g/mol. The van der Waals surface area contributed by atoms with Crippen molar-refractivity contribution in [3.8, 4) is 0 Å². The molecule has 0 saturated carbocycles. The van der Waals surface area contributed by atoms with E-state index >= 15 is 0 Å². The molecular formula is C10H18N4O2. The van der Waals surface area contributed by atoms with E-state index in [9.17, 15) is 0 Å². The molecule has 0 bridgehead atoms. The van der Waals surface area contributed by atoms with Crippen molar-refractivity contribution in [1.82, 2.24) is 9.97 Å². The number of methoxy groups -OCH3 is 1. The Kier molecular flexibility index (Phi) is 5.69. The number of aromatic nitrogens is 2. The van der Waals surface area contributed by atoms with Crippen molar-refractivity contribution in [2.45, 2.75) is 6.54 Å². The van der Waals surface area contributed by atoms with Gasteiger partial charge < -0.3 is 20.5 Å². The smallest absolute Gasteiger partial charge is 0.151 e. The Hall–Kier alpha value is -1.24. The second kappa shape index (κ2) is 7.10. The highest BCUT2D eigenvalue weighted by Crippen LogP contribution is 2.13. The molecule has 90 valence electrons. The van der Waals surface area contributed by atoms with Gasteiger partial charge >= 0.3 is 0 Å². The lowest BCUT2D eigenvalue weighted by molar-refractivity contribution is 0.202. The van der Waals surface area contributed by atoms with Crippen LogP contribution in [0.2, 0.25) is 0 Å². The SMILES string of the molecule is COCCN(CCO)c1nccnc1CN. The van der Waals surface area contributed by atoms with Gasteiger partial charge in [-0.3, -0.25) is 4.98 Å². The lowest BCUT2D eigenvalue weighted by Gasteiger charge is -2.23. The van der Waals surface area contributed by atoms with Crippen molar-refractivity contribution in [2.24, 2.45) is 5.73 Å². The van der Waals surface area contributed by atoms with Crippen molar-refractivity contribution in [3.63, 3.8) is 0 Å². The van der Waals surface area contributed by atoms with Crippen molar-refractivity contribution in [1.29, 1.82) is 0 Å². The van der Waals surface area contributed by atoms with Gasteiger partial charge in [-0.1, -0.05) is 0 Å². The normalized spacial score (nSPS) is 10.4. The van der Waals surface area contributed by atoms with Crippen LogP contribution in [-0.4, -0.2) is 48.5 Å². The lowest BCUT2D eigenvalue weighted by Crippen LogP contribution is -2.32. The number of anilines is 1. The molecule has 0 aromatic carbocycles. The largest absolute Gasteiger partial charge is 0.395 e. The fraction of sp³-hybridized carbons (Fsp3) is 0.600. The van der Waals surface area contributed by atoms with E-state index < -0.39 is 0 Å². The van der Waals surface area contributed by atoms with E-state index in [0.29, 0.717) is 26.2 Å². The molecule has 0 aliphatic rings. The maximum absolute atomic E-state index is 9.00. The van der Waals surface area contributed by atoms with Gasteiger partial charge in [-0.25, -0.2) is 4.98 Å². The van der Waals surface area contributed by atoms with Gasteiger partial charge in [0.1, 0.15) is 0 Å². The molecule has 3 N–H and O–H groups in total. The van der Waals surface area contributed by atoms with Gasteiger partial charge in [0.2, 0.25) is 0 Å². The van der Waals surface area contributed by atoms with E-state index in [0.717, 1.165) is 11.5 Å². The molecule has 6 nitrogen and oxygen atoms in total. The highest BCUT2D eigenvalue weighted by atomic mass is 16.5. The molecule has 1 heterocycles. The van der Waals surface area contributed by atoms with E-state index in [2.05, 4.69) is 9.97 Å². The minimum atomic E-state index is 0.0598. The Balaban J connectivity index is 2.81. The number of nitrogens with two attached hydrogens (primary N) is 1. The number of aliphatic hydroxyl groups excluding tert-OH is 1. The summed E-state index contributed by atoms with van der Waals surface area (Å²) in [5, 5.41) is 9.00. The van der Waals surface area contributed by atoms with E-state index in [1.54, 1.807) is 19.5 Å². The minimum Gasteiger partial charge on any atom is -0.395 e. The molecule has 0 fully saturated rings. The van der Waals surface area contributed by atoms with Gasteiger partial charge in [0, 0.05) is 39.1 Å². The summed E-state index contributed by atoms with van der Waals surface area (Å²) in [6, 6.07) is 0. The number of rotatable bonds is 7. The molecule has 0 spiro atoms. The molecule has 0 atom stereocenters. The van der Waals surface area contributed by atoms with E-state index in [1.165, 1.54) is 0 Å². The molecule has 0 saturated heterocycles. The van der Waals surface area contributed by atoms with Crippen LogP contribution in [0.25, 0.3) is 0 Å². The quantitative estimate of drug-likeness (QED) is 0.644. The van der Waals surface area contributed by atoms with Crippen LogP contribution < -0.4 is 10.6 Å². The van der Waals surface area contributed by atoms with Crippen molar-refractivity contribution < 1.29 is 9.84 Å². The first-order valence-corrected chi connectivity index (χ1v) is 5.18.